The molecule has 0 amide bonds. The van der Waals surface area contributed by atoms with Crippen molar-refractivity contribution in [2.45, 2.75) is 13.1 Å². The highest BCUT2D eigenvalue weighted by atomic mass is 28.3. The van der Waals surface area contributed by atoms with Crippen molar-refractivity contribution in [3.05, 3.63) is 97.3 Å². The molecule has 6 aromatic rings. The number of hydrogen-bond donors (Lipinski definition) is 0. The largest absolute Gasteiger partial charge is 0.278 e. The summed E-state index contributed by atoms with van der Waals surface area (Å²) in [6, 6.07) is 29.9. The molecule has 4 heterocycles. The van der Waals surface area contributed by atoms with Gasteiger partial charge in [-0.05, 0) is 35.0 Å². The van der Waals surface area contributed by atoms with Crippen molar-refractivity contribution in [1.82, 2.24) is 19.5 Å². The second-order valence-electron chi connectivity index (χ2n) is 9.37. The molecule has 0 saturated heterocycles. The first kappa shape index (κ1) is 19.4. The third-order valence-corrected chi connectivity index (χ3v) is 10.4. The van der Waals surface area contributed by atoms with Crippen molar-refractivity contribution in [3.63, 3.8) is 0 Å². The van der Waals surface area contributed by atoms with E-state index in [4.69, 9.17) is 9.97 Å². The molecule has 162 valence electrons. The molecule has 0 atom stereocenters. The van der Waals surface area contributed by atoms with E-state index in [1.54, 1.807) is 0 Å². The molecular weight excluding hydrogens is 432 g/mol. The van der Waals surface area contributed by atoms with Crippen LogP contribution in [0.2, 0.25) is 13.1 Å². The van der Waals surface area contributed by atoms with Gasteiger partial charge in [-0.2, -0.15) is 0 Å². The topological polar surface area (TPSA) is 43.6 Å². The average molecular weight is 455 g/mol. The Morgan fingerprint density at radius 2 is 1.29 bits per heavy atom. The first-order valence-electron chi connectivity index (χ1n) is 11.6. The Balaban J connectivity index is 1.63. The number of nitrogens with zero attached hydrogens (tertiary/aromatic N) is 4. The molecule has 0 radical (unpaired) electrons. The molecule has 0 spiro atoms. The molecule has 0 unspecified atom stereocenters. The maximum absolute atomic E-state index is 5.35. The number of aromatic nitrogens is 4. The summed E-state index contributed by atoms with van der Waals surface area (Å²) in [6.07, 6.45) is 3.68. The first-order valence-corrected chi connectivity index (χ1v) is 14.6. The zero-order valence-corrected chi connectivity index (χ0v) is 20.0. The van der Waals surface area contributed by atoms with Gasteiger partial charge in [0, 0.05) is 39.6 Å². The molecule has 0 N–H and O–H groups in total. The van der Waals surface area contributed by atoms with Crippen LogP contribution in [-0.4, -0.2) is 27.6 Å². The van der Waals surface area contributed by atoms with Crippen LogP contribution >= 0.6 is 0 Å². The summed E-state index contributed by atoms with van der Waals surface area (Å²) in [5.41, 5.74) is 6.75. The second kappa shape index (κ2) is 6.95. The predicted molar refractivity (Wildman–Crippen MR) is 142 cm³/mol. The Bertz CT molecular complexity index is 1680. The van der Waals surface area contributed by atoms with Crippen molar-refractivity contribution in [2.75, 3.05) is 0 Å². The lowest BCUT2D eigenvalue weighted by Gasteiger charge is -2.19. The quantitative estimate of drug-likeness (QED) is 0.327. The summed E-state index contributed by atoms with van der Waals surface area (Å²) >= 11 is 0. The smallest absolute Gasteiger partial charge is 0.235 e. The van der Waals surface area contributed by atoms with Crippen LogP contribution in [0.5, 0.6) is 0 Å². The van der Waals surface area contributed by atoms with Gasteiger partial charge in [0.15, 0.2) is 0 Å². The van der Waals surface area contributed by atoms with E-state index in [0.29, 0.717) is 0 Å². The minimum absolute atomic E-state index is 0.733. The summed E-state index contributed by atoms with van der Waals surface area (Å²) in [5.74, 6) is 0.733. The molecule has 0 bridgehead atoms. The summed E-state index contributed by atoms with van der Waals surface area (Å²) in [4.78, 5) is 14.9. The third kappa shape index (κ3) is 2.56. The van der Waals surface area contributed by atoms with Crippen LogP contribution in [0.15, 0.2) is 97.3 Å². The van der Waals surface area contributed by atoms with E-state index in [2.05, 4.69) is 95.4 Å². The Kier molecular flexibility index (Phi) is 3.96. The molecule has 7 rings (SSSR count). The lowest BCUT2D eigenvalue weighted by molar-refractivity contribution is 1.00. The van der Waals surface area contributed by atoms with Gasteiger partial charge in [0.1, 0.15) is 8.07 Å². The number of para-hydroxylation sites is 2. The van der Waals surface area contributed by atoms with E-state index in [9.17, 15) is 0 Å². The number of benzene rings is 3. The predicted octanol–water partition coefficient (Wildman–Crippen LogP) is 5.44. The van der Waals surface area contributed by atoms with Gasteiger partial charge in [-0.25, -0.2) is 9.97 Å². The highest BCUT2D eigenvalue weighted by Gasteiger charge is 2.41. The molecule has 0 aliphatic carbocycles. The number of rotatable bonds is 2. The van der Waals surface area contributed by atoms with Gasteiger partial charge in [-0.15, -0.1) is 0 Å². The third-order valence-electron chi connectivity index (χ3n) is 7.09. The van der Waals surface area contributed by atoms with Crippen LogP contribution in [0.1, 0.15) is 0 Å². The van der Waals surface area contributed by atoms with Crippen molar-refractivity contribution in [3.8, 4) is 28.3 Å². The molecule has 3 aromatic heterocycles. The van der Waals surface area contributed by atoms with Crippen LogP contribution in [0, 0.1) is 0 Å². The number of fused-ring (bicyclic) bond motifs is 6. The zero-order chi connectivity index (χ0) is 22.9. The number of pyridine rings is 1. The highest BCUT2D eigenvalue weighted by molar-refractivity contribution is 7.03. The summed E-state index contributed by atoms with van der Waals surface area (Å²) < 4.78 is 2.23. The maximum Gasteiger partial charge on any atom is 0.235 e. The fourth-order valence-electron chi connectivity index (χ4n) is 5.49. The van der Waals surface area contributed by atoms with Gasteiger partial charge in [0.2, 0.25) is 5.95 Å². The van der Waals surface area contributed by atoms with Gasteiger partial charge in [0.05, 0.1) is 16.7 Å². The van der Waals surface area contributed by atoms with E-state index in [1.165, 1.54) is 32.4 Å². The fraction of sp³-hybridized carbons (Fsp3) is 0.0690. The normalized spacial score (nSPS) is 13.8. The fourth-order valence-corrected chi connectivity index (χ4v) is 8.39. The molecule has 34 heavy (non-hydrogen) atoms. The Morgan fingerprint density at radius 3 is 2.00 bits per heavy atom. The lowest BCUT2D eigenvalue weighted by atomic mass is 10.0. The van der Waals surface area contributed by atoms with E-state index in [0.717, 1.165) is 28.2 Å². The van der Waals surface area contributed by atoms with Gasteiger partial charge in [0.25, 0.3) is 0 Å². The van der Waals surface area contributed by atoms with Gasteiger partial charge >= 0.3 is 0 Å². The summed E-state index contributed by atoms with van der Waals surface area (Å²) in [5, 5.41) is 5.06. The average Bonchev–Trinajstić information content (AvgIpc) is 3.34. The highest BCUT2D eigenvalue weighted by Crippen LogP contribution is 2.37. The minimum atomic E-state index is -2.00. The van der Waals surface area contributed by atoms with E-state index in [1.807, 2.05) is 24.5 Å². The van der Waals surface area contributed by atoms with Gasteiger partial charge in [-0.3, -0.25) is 9.55 Å². The van der Waals surface area contributed by atoms with Crippen molar-refractivity contribution >= 4 is 40.4 Å². The molecule has 3 aromatic carbocycles. The SMILES string of the molecule is C[Si]1(C)c2ccccc2-c2c(-c3ccncc3)nc(-n3c4ccccc4c4ccccc43)nc21. The molecule has 1 aliphatic heterocycles. The lowest BCUT2D eigenvalue weighted by Crippen LogP contribution is -2.51. The zero-order valence-electron chi connectivity index (χ0n) is 19.0. The molecule has 1 aliphatic rings. The molecule has 0 fully saturated rings. The van der Waals surface area contributed by atoms with Gasteiger partial charge < -0.3 is 0 Å². The maximum atomic E-state index is 5.35. The van der Waals surface area contributed by atoms with Crippen LogP contribution in [0.3, 0.4) is 0 Å². The monoisotopic (exact) mass is 454 g/mol. The Morgan fingerprint density at radius 1 is 0.676 bits per heavy atom. The van der Waals surface area contributed by atoms with Crippen molar-refractivity contribution in [1.29, 1.82) is 0 Å². The van der Waals surface area contributed by atoms with Crippen molar-refractivity contribution in [2.24, 2.45) is 0 Å². The minimum Gasteiger partial charge on any atom is -0.278 e. The van der Waals surface area contributed by atoms with Crippen LogP contribution in [-0.2, 0) is 0 Å². The van der Waals surface area contributed by atoms with E-state index in [-0.39, 0.29) is 0 Å². The van der Waals surface area contributed by atoms with Crippen LogP contribution < -0.4 is 10.5 Å². The molecule has 5 heteroatoms. The van der Waals surface area contributed by atoms with Crippen LogP contribution in [0.25, 0.3) is 50.1 Å². The van der Waals surface area contributed by atoms with Crippen molar-refractivity contribution < 1.29 is 0 Å². The van der Waals surface area contributed by atoms with E-state index < -0.39 is 8.07 Å². The Hall–Kier alpha value is -4.09. The summed E-state index contributed by atoms with van der Waals surface area (Å²) in [7, 11) is -2.00. The van der Waals surface area contributed by atoms with Gasteiger partial charge in [-0.1, -0.05) is 73.8 Å². The Labute approximate surface area is 198 Å². The molecular formula is C29H22N4Si. The second-order valence-corrected chi connectivity index (χ2v) is 13.6. The standard InChI is InChI=1S/C29H22N4Si/c1-34(2)25-14-8-5-11-22(25)26-27(19-15-17-30-18-16-19)31-29(32-28(26)34)33-23-12-6-3-9-20(23)21-10-4-7-13-24(21)33/h3-18H,1-2H3. The van der Waals surface area contributed by atoms with Crippen LogP contribution in [0.4, 0.5) is 0 Å². The number of hydrogen-bond acceptors (Lipinski definition) is 3. The molecule has 0 saturated carbocycles. The summed E-state index contributed by atoms with van der Waals surface area (Å²) in [6.45, 7) is 4.80. The van der Waals surface area contributed by atoms with E-state index >= 15 is 0 Å². The first-order chi connectivity index (χ1) is 16.6. The molecule has 4 nitrogen and oxygen atoms in total.